The van der Waals surface area contributed by atoms with E-state index in [-0.39, 0.29) is 47.6 Å². The van der Waals surface area contributed by atoms with E-state index in [2.05, 4.69) is 20.9 Å². The van der Waals surface area contributed by atoms with Crippen molar-refractivity contribution in [1.29, 1.82) is 0 Å². The van der Waals surface area contributed by atoms with Gasteiger partial charge in [0.2, 0.25) is 5.91 Å². The Morgan fingerprint density at radius 1 is 1.27 bits per heavy atom. The van der Waals surface area contributed by atoms with E-state index in [0.717, 1.165) is 0 Å². The molecule has 1 amide bonds. The molecule has 148 valence electrons. The van der Waals surface area contributed by atoms with Gasteiger partial charge in [0.25, 0.3) is 0 Å². The summed E-state index contributed by atoms with van der Waals surface area (Å²) < 4.78 is 19.2. The third-order valence-corrected chi connectivity index (χ3v) is 3.60. The zero-order valence-corrected chi connectivity index (χ0v) is 18.4. The van der Waals surface area contributed by atoms with Crippen LogP contribution in [0.5, 0.6) is 5.75 Å². The largest absolute Gasteiger partial charge is 0.486 e. The van der Waals surface area contributed by atoms with Crippen LogP contribution in [0.3, 0.4) is 0 Å². The topological polar surface area (TPSA) is 74.8 Å². The van der Waals surface area contributed by atoms with Crippen LogP contribution in [0.4, 0.5) is 4.39 Å². The van der Waals surface area contributed by atoms with Crippen LogP contribution in [0, 0.1) is 11.2 Å². The first-order valence-corrected chi connectivity index (χ1v) is 8.44. The molecule has 0 spiro atoms. The van der Waals surface area contributed by atoms with Gasteiger partial charge in [0.05, 0.1) is 12.0 Å². The number of benzene rings is 1. The molecule has 6 nitrogen and oxygen atoms in total. The molecule has 0 bridgehead atoms. The second-order valence-electron chi connectivity index (χ2n) is 6.41. The number of aliphatic imine (C=N–C) groups is 1. The van der Waals surface area contributed by atoms with Crippen molar-refractivity contribution in [3.63, 3.8) is 0 Å². The second kappa shape index (κ2) is 11.9. The number of nitrogens with zero attached hydrogens (tertiary/aromatic N) is 1. The standard InChI is InChI=1S/C18H29FN4O2.HI/c1-6-21-16(24)18(3,4)12-23-17(20-5)22-11-13(2)25-15-10-8-7-9-14(15)19;/h7-10,13H,6,11-12H2,1-5H3,(H,21,24)(H2,20,22,23);1H. The van der Waals surface area contributed by atoms with Gasteiger partial charge in [-0.2, -0.15) is 0 Å². The van der Waals surface area contributed by atoms with Crippen LogP contribution in [0.2, 0.25) is 0 Å². The quantitative estimate of drug-likeness (QED) is 0.304. The number of carbonyl (C=O) groups excluding carboxylic acids is 1. The van der Waals surface area contributed by atoms with Gasteiger partial charge in [0.1, 0.15) is 6.10 Å². The minimum Gasteiger partial charge on any atom is -0.486 e. The molecule has 1 atom stereocenters. The molecule has 3 N–H and O–H groups in total. The summed E-state index contributed by atoms with van der Waals surface area (Å²) in [6.45, 7) is 8.92. The fourth-order valence-electron chi connectivity index (χ4n) is 2.04. The van der Waals surface area contributed by atoms with Crippen molar-refractivity contribution in [2.75, 3.05) is 26.7 Å². The van der Waals surface area contributed by atoms with Crippen LogP contribution in [0.15, 0.2) is 29.3 Å². The van der Waals surface area contributed by atoms with Crippen molar-refractivity contribution in [2.24, 2.45) is 10.4 Å². The number of hydrogen-bond acceptors (Lipinski definition) is 3. The Kier molecular flexibility index (Phi) is 11.2. The Balaban J connectivity index is 0.00000625. The van der Waals surface area contributed by atoms with Crippen LogP contribution in [-0.4, -0.2) is 44.7 Å². The van der Waals surface area contributed by atoms with Crippen LogP contribution >= 0.6 is 24.0 Å². The first kappa shape index (κ1) is 24.4. The van der Waals surface area contributed by atoms with Crippen molar-refractivity contribution < 1.29 is 13.9 Å². The molecular weight excluding hydrogens is 450 g/mol. The number of halogens is 2. The Bertz CT molecular complexity index is 596. The molecule has 0 aliphatic heterocycles. The molecule has 0 fully saturated rings. The number of amides is 1. The van der Waals surface area contributed by atoms with Crippen molar-refractivity contribution in [3.05, 3.63) is 30.1 Å². The van der Waals surface area contributed by atoms with Gasteiger partial charge in [-0.25, -0.2) is 4.39 Å². The molecule has 0 saturated carbocycles. The zero-order chi connectivity index (χ0) is 18.9. The Morgan fingerprint density at radius 3 is 2.50 bits per heavy atom. The van der Waals surface area contributed by atoms with Gasteiger partial charge >= 0.3 is 0 Å². The lowest BCUT2D eigenvalue weighted by Crippen LogP contribution is -2.49. The average Bonchev–Trinajstić information content (AvgIpc) is 2.57. The molecule has 1 rings (SSSR count). The van der Waals surface area contributed by atoms with Crippen LogP contribution in [0.1, 0.15) is 27.7 Å². The van der Waals surface area contributed by atoms with E-state index < -0.39 is 5.41 Å². The fourth-order valence-corrected chi connectivity index (χ4v) is 2.04. The monoisotopic (exact) mass is 480 g/mol. The molecule has 0 aliphatic rings. The zero-order valence-electron chi connectivity index (χ0n) is 16.1. The van der Waals surface area contributed by atoms with Crippen molar-refractivity contribution in [1.82, 2.24) is 16.0 Å². The Labute approximate surface area is 172 Å². The van der Waals surface area contributed by atoms with Crippen molar-refractivity contribution >= 4 is 35.8 Å². The van der Waals surface area contributed by atoms with Gasteiger partial charge in [-0.15, -0.1) is 24.0 Å². The minimum absolute atomic E-state index is 0. The molecule has 0 aliphatic carbocycles. The van der Waals surface area contributed by atoms with Crippen molar-refractivity contribution in [2.45, 2.75) is 33.8 Å². The molecule has 1 aromatic carbocycles. The summed E-state index contributed by atoms with van der Waals surface area (Å²) in [5.41, 5.74) is -0.567. The molecular formula is C18H30FIN4O2. The lowest BCUT2D eigenvalue weighted by Gasteiger charge is -2.25. The predicted molar refractivity (Wildman–Crippen MR) is 114 cm³/mol. The molecule has 1 unspecified atom stereocenters. The lowest BCUT2D eigenvalue weighted by molar-refractivity contribution is -0.128. The number of nitrogens with one attached hydrogen (secondary N) is 3. The summed E-state index contributed by atoms with van der Waals surface area (Å²) in [7, 11) is 1.65. The summed E-state index contributed by atoms with van der Waals surface area (Å²) >= 11 is 0. The number of rotatable bonds is 8. The van der Waals surface area contributed by atoms with E-state index in [9.17, 15) is 9.18 Å². The van der Waals surface area contributed by atoms with E-state index in [1.807, 2.05) is 27.7 Å². The number of para-hydroxylation sites is 1. The van der Waals surface area contributed by atoms with Gasteiger partial charge in [-0.05, 0) is 39.8 Å². The first-order chi connectivity index (χ1) is 11.8. The highest BCUT2D eigenvalue weighted by molar-refractivity contribution is 14.0. The maximum Gasteiger partial charge on any atom is 0.227 e. The summed E-state index contributed by atoms with van der Waals surface area (Å²) in [4.78, 5) is 16.1. The van der Waals surface area contributed by atoms with Gasteiger partial charge in [0, 0.05) is 20.1 Å². The van der Waals surface area contributed by atoms with Gasteiger partial charge in [-0.1, -0.05) is 12.1 Å². The number of hydrogen-bond donors (Lipinski definition) is 3. The molecule has 0 aromatic heterocycles. The maximum atomic E-state index is 13.6. The van der Waals surface area contributed by atoms with Crippen LogP contribution in [-0.2, 0) is 4.79 Å². The van der Waals surface area contributed by atoms with E-state index in [1.54, 1.807) is 25.2 Å². The fraction of sp³-hybridized carbons (Fsp3) is 0.556. The van der Waals surface area contributed by atoms with Gasteiger partial charge < -0.3 is 20.7 Å². The predicted octanol–water partition coefficient (Wildman–Crippen LogP) is 2.54. The summed E-state index contributed by atoms with van der Waals surface area (Å²) in [6, 6.07) is 6.29. The summed E-state index contributed by atoms with van der Waals surface area (Å²) in [6.07, 6.45) is -0.258. The van der Waals surface area contributed by atoms with Gasteiger partial charge in [0.15, 0.2) is 17.5 Å². The highest BCUT2D eigenvalue weighted by Crippen LogP contribution is 2.16. The van der Waals surface area contributed by atoms with Crippen LogP contribution in [0.25, 0.3) is 0 Å². The highest BCUT2D eigenvalue weighted by atomic mass is 127. The second-order valence-corrected chi connectivity index (χ2v) is 6.41. The third kappa shape index (κ3) is 8.20. The van der Waals surface area contributed by atoms with Crippen molar-refractivity contribution in [3.8, 4) is 5.75 Å². The molecule has 26 heavy (non-hydrogen) atoms. The van der Waals surface area contributed by atoms with E-state index in [4.69, 9.17) is 4.74 Å². The molecule has 0 heterocycles. The number of carbonyl (C=O) groups is 1. The summed E-state index contributed by atoms with van der Waals surface area (Å²) in [5.74, 6) is 0.369. The molecule has 0 saturated heterocycles. The molecule has 1 aromatic rings. The number of guanidine groups is 1. The van der Waals surface area contributed by atoms with E-state index in [0.29, 0.717) is 25.6 Å². The summed E-state index contributed by atoms with van der Waals surface area (Å²) in [5, 5.41) is 9.06. The lowest BCUT2D eigenvalue weighted by atomic mass is 9.92. The molecule has 0 radical (unpaired) electrons. The first-order valence-electron chi connectivity index (χ1n) is 8.44. The van der Waals surface area contributed by atoms with E-state index in [1.165, 1.54) is 6.07 Å². The van der Waals surface area contributed by atoms with E-state index >= 15 is 0 Å². The van der Waals surface area contributed by atoms with Gasteiger partial charge in [-0.3, -0.25) is 9.79 Å². The normalized spacial score (nSPS) is 12.6. The molecule has 8 heteroatoms. The average molecular weight is 480 g/mol. The number of ether oxygens (including phenoxy) is 1. The maximum absolute atomic E-state index is 13.6. The SMILES string of the molecule is CCNC(=O)C(C)(C)CNC(=NC)NCC(C)Oc1ccccc1F.I. The minimum atomic E-state index is -0.567. The Hall–Kier alpha value is -1.58. The third-order valence-electron chi connectivity index (χ3n) is 3.60. The Morgan fingerprint density at radius 2 is 1.92 bits per heavy atom. The smallest absolute Gasteiger partial charge is 0.227 e. The van der Waals surface area contributed by atoms with Crippen LogP contribution < -0.4 is 20.7 Å². The highest BCUT2D eigenvalue weighted by Gasteiger charge is 2.27.